The van der Waals surface area contributed by atoms with E-state index in [2.05, 4.69) is 52.9 Å². The lowest BCUT2D eigenvalue weighted by molar-refractivity contribution is -0.132. The quantitative estimate of drug-likeness (QED) is 0.777. The van der Waals surface area contributed by atoms with Crippen molar-refractivity contribution in [2.75, 3.05) is 32.1 Å². The molecule has 3 rings (SSSR count). The summed E-state index contributed by atoms with van der Waals surface area (Å²) in [4.78, 5) is 14.1. The first-order valence-corrected chi connectivity index (χ1v) is 9.16. The van der Waals surface area contributed by atoms with Gasteiger partial charge in [0.05, 0.1) is 19.0 Å². The molecule has 0 saturated carbocycles. The molecule has 0 atom stereocenters. The normalized spacial score (nSPS) is 14.8. The SMILES string of the molecule is CCn1c(SCC(=O)N2CCOCC2)nnc1-c1ccc(C)cc1. The molecule has 1 aromatic carbocycles. The minimum Gasteiger partial charge on any atom is -0.378 e. The first kappa shape index (κ1) is 17.0. The fourth-order valence-electron chi connectivity index (χ4n) is 2.63. The second-order valence-electron chi connectivity index (χ2n) is 5.70. The molecule has 2 heterocycles. The van der Waals surface area contributed by atoms with Crippen LogP contribution in [0.2, 0.25) is 0 Å². The van der Waals surface area contributed by atoms with Crippen molar-refractivity contribution in [2.45, 2.75) is 25.5 Å². The average molecular weight is 346 g/mol. The largest absolute Gasteiger partial charge is 0.378 e. The van der Waals surface area contributed by atoms with Crippen molar-refractivity contribution < 1.29 is 9.53 Å². The van der Waals surface area contributed by atoms with Crippen LogP contribution in [0.3, 0.4) is 0 Å². The van der Waals surface area contributed by atoms with Crippen molar-refractivity contribution in [1.82, 2.24) is 19.7 Å². The van der Waals surface area contributed by atoms with E-state index in [4.69, 9.17) is 4.74 Å². The molecule has 6 nitrogen and oxygen atoms in total. The third kappa shape index (κ3) is 3.79. The highest BCUT2D eigenvalue weighted by Gasteiger charge is 2.19. The molecule has 1 fully saturated rings. The Morgan fingerprint density at radius 3 is 2.58 bits per heavy atom. The van der Waals surface area contributed by atoms with E-state index in [0.29, 0.717) is 32.1 Å². The van der Waals surface area contributed by atoms with Crippen molar-refractivity contribution in [3.63, 3.8) is 0 Å². The standard InChI is InChI=1S/C17H22N4O2S/c1-3-21-16(14-6-4-13(2)5-7-14)18-19-17(21)24-12-15(22)20-8-10-23-11-9-20/h4-7H,3,8-12H2,1-2H3. The Labute approximate surface area is 146 Å². The number of hydrogen-bond acceptors (Lipinski definition) is 5. The number of aromatic nitrogens is 3. The minimum atomic E-state index is 0.130. The summed E-state index contributed by atoms with van der Waals surface area (Å²) in [5.41, 5.74) is 2.26. The van der Waals surface area contributed by atoms with Crippen LogP contribution in [0.25, 0.3) is 11.4 Å². The second-order valence-corrected chi connectivity index (χ2v) is 6.64. The van der Waals surface area contributed by atoms with Gasteiger partial charge in [0, 0.05) is 25.2 Å². The van der Waals surface area contributed by atoms with E-state index in [1.165, 1.54) is 17.3 Å². The van der Waals surface area contributed by atoms with Crippen LogP contribution < -0.4 is 0 Å². The maximum absolute atomic E-state index is 12.3. The number of morpholine rings is 1. The monoisotopic (exact) mass is 346 g/mol. The van der Waals surface area contributed by atoms with Crippen molar-refractivity contribution >= 4 is 17.7 Å². The average Bonchev–Trinajstić information content (AvgIpc) is 3.04. The van der Waals surface area contributed by atoms with Crippen molar-refractivity contribution in [1.29, 1.82) is 0 Å². The van der Waals surface area contributed by atoms with E-state index in [0.717, 1.165) is 23.1 Å². The molecule has 0 bridgehead atoms. The molecule has 128 valence electrons. The van der Waals surface area contributed by atoms with Gasteiger partial charge < -0.3 is 14.2 Å². The summed E-state index contributed by atoms with van der Waals surface area (Å²) < 4.78 is 7.34. The second kappa shape index (κ2) is 7.81. The van der Waals surface area contributed by atoms with Gasteiger partial charge in [-0.3, -0.25) is 4.79 Å². The van der Waals surface area contributed by atoms with Gasteiger partial charge in [0.25, 0.3) is 0 Å². The van der Waals surface area contributed by atoms with Gasteiger partial charge in [-0.1, -0.05) is 41.6 Å². The van der Waals surface area contributed by atoms with E-state index < -0.39 is 0 Å². The molecule has 0 spiro atoms. The third-order valence-electron chi connectivity index (χ3n) is 4.03. The highest BCUT2D eigenvalue weighted by molar-refractivity contribution is 7.99. The Hall–Kier alpha value is -1.86. The summed E-state index contributed by atoms with van der Waals surface area (Å²) in [6, 6.07) is 8.25. The Kier molecular flexibility index (Phi) is 5.52. The number of thioether (sulfide) groups is 1. The molecule has 1 aliphatic rings. The molecule has 7 heteroatoms. The fraction of sp³-hybridized carbons (Fsp3) is 0.471. The van der Waals surface area contributed by atoms with E-state index in [1.54, 1.807) is 0 Å². The zero-order chi connectivity index (χ0) is 16.9. The zero-order valence-corrected chi connectivity index (χ0v) is 14.9. The maximum Gasteiger partial charge on any atom is 0.233 e. The van der Waals surface area contributed by atoms with E-state index in [9.17, 15) is 4.79 Å². The van der Waals surface area contributed by atoms with Crippen LogP contribution in [-0.2, 0) is 16.1 Å². The molecule has 0 unspecified atom stereocenters. The molecule has 1 aliphatic heterocycles. The maximum atomic E-state index is 12.3. The Morgan fingerprint density at radius 1 is 1.21 bits per heavy atom. The summed E-state index contributed by atoms with van der Waals surface area (Å²) in [6.45, 7) is 7.49. The van der Waals surface area contributed by atoms with Crippen LogP contribution in [0.15, 0.2) is 29.4 Å². The number of amides is 1. The molecule has 0 N–H and O–H groups in total. The number of ether oxygens (including phenoxy) is 1. The van der Waals surface area contributed by atoms with Gasteiger partial charge in [0.2, 0.25) is 5.91 Å². The summed E-state index contributed by atoms with van der Waals surface area (Å²) in [6.07, 6.45) is 0. The number of nitrogens with zero attached hydrogens (tertiary/aromatic N) is 4. The number of carbonyl (C=O) groups is 1. The molecule has 24 heavy (non-hydrogen) atoms. The summed E-state index contributed by atoms with van der Waals surface area (Å²) in [5.74, 6) is 1.36. The van der Waals surface area contributed by atoms with Gasteiger partial charge in [-0.15, -0.1) is 10.2 Å². The Morgan fingerprint density at radius 2 is 1.92 bits per heavy atom. The van der Waals surface area contributed by atoms with E-state index in [1.807, 2.05) is 4.90 Å². The van der Waals surface area contributed by atoms with Gasteiger partial charge in [-0.25, -0.2) is 0 Å². The number of hydrogen-bond donors (Lipinski definition) is 0. The molecule has 1 aromatic heterocycles. The van der Waals surface area contributed by atoms with Crippen molar-refractivity contribution in [2.24, 2.45) is 0 Å². The predicted molar refractivity (Wildman–Crippen MR) is 94.0 cm³/mol. The van der Waals surface area contributed by atoms with Crippen molar-refractivity contribution in [3.8, 4) is 11.4 Å². The lowest BCUT2D eigenvalue weighted by Gasteiger charge is -2.26. The van der Waals surface area contributed by atoms with Gasteiger partial charge in [-0.2, -0.15) is 0 Å². The van der Waals surface area contributed by atoms with Crippen LogP contribution in [0, 0.1) is 6.92 Å². The molecular weight excluding hydrogens is 324 g/mol. The first-order chi connectivity index (χ1) is 11.7. The van der Waals surface area contributed by atoms with Crippen LogP contribution in [0.4, 0.5) is 0 Å². The van der Waals surface area contributed by atoms with E-state index in [-0.39, 0.29) is 5.91 Å². The predicted octanol–water partition coefficient (Wildman–Crippen LogP) is 2.22. The minimum absolute atomic E-state index is 0.130. The molecule has 2 aromatic rings. The highest BCUT2D eigenvalue weighted by Crippen LogP contribution is 2.24. The lowest BCUT2D eigenvalue weighted by Crippen LogP contribution is -2.41. The summed E-state index contributed by atoms with van der Waals surface area (Å²) in [7, 11) is 0. The van der Waals surface area contributed by atoms with Crippen molar-refractivity contribution in [3.05, 3.63) is 29.8 Å². The highest BCUT2D eigenvalue weighted by atomic mass is 32.2. The Balaban J connectivity index is 1.70. The number of aryl methyl sites for hydroxylation is 1. The lowest BCUT2D eigenvalue weighted by atomic mass is 10.1. The number of benzene rings is 1. The molecular formula is C17H22N4O2S. The molecule has 0 aliphatic carbocycles. The first-order valence-electron chi connectivity index (χ1n) is 8.17. The van der Waals surface area contributed by atoms with Gasteiger partial charge >= 0.3 is 0 Å². The zero-order valence-electron chi connectivity index (χ0n) is 14.1. The number of carbonyl (C=O) groups excluding carboxylic acids is 1. The fourth-order valence-corrected chi connectivity index (χ4v) is 3.53. The summed E-state index contributed by atoms with van der Waals surface area (Å²) >= 11 is 1.45. The molecule has 1 saturated heterocycles. The van der Waals surface area contributed by atoms with Gasteiger partial charge in [-0.05, 0) is 13.8 Å². The topological polar surface area (TPSA) is 60.2 Å². The Bertz CT molecular complexity index is 693. The number of rotatable bonds is 5. The van der Waals surface area contributed by atoms with Crippen LogP contribution in [0.5, 0.6) is 0 Å². The van der Waals surface area contributed by atoms with Crippen LogP contribution >= 0.6 is 11.8 Å². The molecule has 1 amide bonds. The third-order valence-corrected chi connectivity index (χ3v) is 4.98. The van der Waals surface area contributed by atoms with Crippen LogP contribution in [-0.4, -0.2) is 57.6 Å². The van der Waals surface area contributed by atoms with Gasteiger partial charge in [0.1, 0.15) is 0 Å². The molecule has 0 radical (unpaired) electrons. The smallest absolute Gasteiger partial charge is 0.233 e. The van der Waals surface area contributed by atoms with Gasteiger partial charge in [0.15, 0.2) is 11.0 Å². The summed E-state index contributed by atoms with van der Waals surface area (Å²) in [5, 5.41) is 9.39. The van der Waals surface area contributed by atoms with E-state index >= 15 is 0 Å². The van der Waals surface area contributed by atoms with Crippen LogP contribution in [0.1, 0.15) is 12.5 Å².